The van der Waals surface area contributed by atoms with Crippen molar-refractivity contribution >= 4 is 43.0 Å². The number of nitrogens with zero attached hydrogens (tertiary/aromatic N) is 1. The molecule has 0 unspecified atom stereocenters. The molecule has 12 heteroatoms. The van der Waals surface area contributed by atoms with Gasteiger partial charge in [-0.3, -0.25) is 9.11 Å². The van der Waals surface area contributed by atoms with E-state index in [0.29, 0.717) is 31.9 Å². The zero-order chi connectivity index (χ0) is 39.5. The normalized spacial score (nSPS) is 12.4. The second-order valence-corrected chi connectivity index (χ2v) is 18.7. The number of nitrogens with two attached hydrogens (primary N) is 1. The van der Waals surface area contributed by atoms with Crippen molar-refractivity contribution < 1.29 is 25.9 Å². The van der Waals surface area contributed by atoms with E-state index in [2.05, 4.69) is 87.4 Å². The van der Waals surface area contributed by atoms with E-state index >= 15 is 0 Å². The van der Waals surface area contributed by atoms with E-state index in [9.17, 15) is 25.9 Å². The van der Waals surface area contributed by atoms with E-state index in [1.165, 1.54) is 29.8 Å². The van der Waals surface area contributed by atoms with Gasteiger partial charge in [-0.15, -0.1) is 0 Å². The molecule has 0 aliphatic carbocycles. The van der Waals surface area contributed by atoms with Crippen molar-refractivity contribution in [2.45, 2.75) is 76.4 Å². The van der Waals surface area contributed by atoms with Gasteiger partial charge in [0.15, 0.2) is 0 Å². The van der Waals surface area contributed by atoms with Gasteiger partial charge in [0.1, 0.15) is 0 Å². The summed E-state index contributed by atoms with van der Waals surface area (Å²) in [6, 6.07) is 32.9. The van der Waals surface area contributed by atoms with Gasteiger partial charge in [0.25, 0.3) is 20.2 Å². The third kappa shape index (κ3) is 10.8. The molecule has 5 aromatic carbocycles. The predicted octanol–water partition coefficient (Wildman–Crippen LogP) is 9.00. The lowest BCUT2D eigenvalue weighted by Gasteiger charge is -2.33. The number of rotatable bonds is 13. The molecule has 0 heterocycles. The van der Waals surface area contributed by atoms with Crippen molar-refractivity contribution in [1.82, 2.24) is 0 Å². The molecule has 5 rings (SSSR count). The van der Waals surface area contributed by atoms with Gasteiger partial charge in [0.05, 0.1) is 32.5 Å². The number of nitrogen functional groups attached to an aromatic ring is 1. The molecule has 0 radical (unpaired) electrons. The highest BCUT2D eigenvalue weighted by Crippen LogP contribution is 2.36. The standard InChI is InChI=1S/C42H50N4O6S2/c1-41(2,3)28-46(27-30-12-18-36(19-13-30)54(50,51)52)40-21-15-32(23-37(40)43)33-14-20-38(44-26-31-8-7-9-34(22-31)42(4,5)6)39(24-33)45-25-29-10-16-35(17-11-29)53(47,48)49/h7-24,44-45H,25-28,43H2,1-6H3,(H,47,48,49)(H,50,51,52). The smallest absolute Gasteiger partial charge is 0.294 e. The van der Waals surface area contributed by atoms with Crippen LogP contribution in [0.15, 0.2) is 119 Å². The Morgan fingerprint density at radius 2 is 1.15 bits per heavy atom. The molecule has 0 aliphatic heterocycles. The number of nitrogens with one attached hydrogen (secondary N) is 2. The van der Waals surface area contributed by atoms with Gasteiger partial charge in [0.2, 0.25) is 0 Å². The Labute approximate surface area is 319 Å². The molecule has 0 saturated carbocycles. The summed E-state index contributed by atoms with van der Waals surface area (Å²) in [5, 5.41) is 7.10. The molecule has 10 nitrogen and oxygen atoms in total. The average molecular weight is 771 g/mol. The van der Waals surface area contributed by atoms with Crippen LogP contribution in [0.3, 0.4) is 0 Å². The minimum atomic E-state index is -4.29. The molecule has 6 N–H and O–H groups in total. The molecule has 0 amide bonds. The molecule has 0 bridgehead atoms. The lowest BCUT2D eigenvalue weighted by Crippen LogP contribution is -2.32. The van der Waals surface area contributed by atoms with Gasteiger partial charge in [-0.25, -0.2) is 0 Å². The van der Waals surface area contributed by atoms with Gasteiger partial charge >= 0.3 is 0 Å². The first-order valence-corrected chi connectivity index (χ1v) is 20.5. The summed E-state index contributed by atoms with van der Waals surface area (Å²) < 4.78 is 65.1. The third-order valence-electron chi connectivity index (χ3n) is 8.96. The number of hydrogen-bond acceptors (Lipinski definition) is 8. The predicted molar refractivity (Wildman–Crippen MR) is 219 cm³/mol. The van der Waals surface area contributed by atoms with Crippen LogP contribution in [0.5, 0.6) is 0 Å². The molecule has 0 fully saturated rings. The summed E-state index contributed by atoms with van der Waals surface area (Å²) in [5.41, 5.74) is 15.8. The van der Waals surface area contributed by atoms with E-state index in [1.54, 1.807) is 24.3 Å². The molecule has 0 saturated heterocycles. The van der Waals surface area contributed by atoms with Gasteiger partial charge in [-0.1, -0.05) is 102 Å². The molecular weight excluding hydrogens is 721 g/mol. The summed E-state index contributed by atoms with van der Waals surface area (Å²) in [6.07, 6.45) is 0. The van der Waals surface area contributed by atoms with Crippen LogP contribution in [0.4, 0.5) is 22.7 Å². The first-order valence-electron chi connectivity index (χ1n) is 17.6. The largest absolute Gasteiger partial charge is 0.397 e. The molecule has 5 aromatic rings. The fourth-order valence-corrected chi connectivity index (χ4v) is 7.11. The number of hydrogen-bond donors (Lipinski definition) is 5. The number of benzene rings is 5. The van der Waals surface area contributed by atoms with E-state index in [-0.39, 0.29) is 20.6 Å². The lowest BCUT2D eigenvalue weighted by molar-refractivity contribution is 0.409. The van der Waals surface area contributed by atoms with Crippen molar-refractivity contribution in [2.24, 2.45) is 5.41 Å². The van der Waals surface area contributed by atoms with Gasteiger partial charge in [-0.05, 0) is 92.7 Å². The molecule has 0 aromatic heterocycles. The zero-order valence-corrected chi connectivity index (χ0v) is 33.2. The van der Waals surface area contributed by atoms with Crippen molar-refractivity contribution in [3.63, 3.8) is 0 Å². The van der Waals surface area contributed by atoms with Crippen LogP contribution in [-0.2, 0) is 45.3 Å². The van der Waals surface area contributed by atoms with Crippen LogP contribution >= 0.6 is 0 Å². The lowest BCUT2D eigenvalue weighted by atomic mass is 9.86. The van der Waals surface area contributed by atoms with Crippen molar-refractivity contribution in [1.29, 1.82) is 0 Å². The van der Waals surface area contributed by atoms with E-state index < -0.39 is 20.2 Å². The Hall–Kier alpha value is -4.88. The highest BCUT2D eigenvalue weighted by molar-refractivity contribution is 7.86. The molecule has 286 valence electrons. The average Bonchev–Trinajstić information content (AvgIpc) is 3.08. The fourth-order valence-electron chi connectivity index (χ4n) is 6.15. The second kappa shape index (κ2) is 15.8. The topological polar surface area (TPSA) is 162 Å². The minimum absolute atomic E-state index is 0.0216. The molecule has 0 spiro atoms. The molecule has 54 heavy (non-hydrogen) atoms. The Bertz CT molecular complexity index is 2310. The Kier molecular flexibility index (Phi) is 11.8. The quantitative estimate of drug-likeness (QED) is 0.0577. The van der Waals surface area contributed by atoms with E-state index in [1.807, 2.05) is 30.3 Å². The highest BCUT2D eigenvalue weighted by Gasteiger charge is 2.21. The summed E-state index contributed by atoms with van der Waals surface area (Å²) in [6.45, 7) is 15.1. The van der Waals surface area contributed by atoms with Crippen molar-refractivity contribution in [2.75, 3.05) is 27.8 Å². The van der Waals surface area contributed by atoms with Crippen molar-refractivity contribution in [3.05, 3.63) is 131 Å². The molecule has 0 atom stereocenters. The fraction of sp³-hybridized carbons (Fsp3) is 0.286. The monoisotopic (exact) mass is 770 g/mol. The maximum absolute atomic E-state index is 11.6. The van der Waals surface area contributed by atoms with Crippen LogP contribution in [0.25, 0.3) is 11.1 Å². The molecule has 0 aliphatic rings. The van der Waals surface area contributed by atoms with E-state index in [0.717, 1.165) is 44.9 Å². The van der Waals surface area contributed by atoms with Crippen LogP contribution in [-0.4, -0.2) is 32.5 Å². The highest BCUT2D eigenvalue weighted by atomic mass is 32.2. The number of anilines is 4. The summed E-state index contributed by atoms with van der Waals surface area (Å²) >= 11 is 0. The SMILES string of the molecule is CC(C)(C)CN(Cc1ccc(S(=O)(=O)O)cc1)c1ccc(-c2ccc(NCc3cccc(C(C)(C)C)c3)c(NCc3ccc(S(=O)(=O)O)cc3)c2)cc1N. The van der Waals surface area contributed by atoms with Gasteiger partial charge in [-0.2, -0.15) is 16.8 Å². The summed E-state index contributed by atoms with van der Waals surface area (Å²) in [4.78, 5) is 1.85. The minimum Gasteiger partial charge on any atom is -0.397 e. The Morgan fingerprint density at radius 1 is 0.611 bits per heavy atom. The first-order chi connectivity index (χ1) is 25.2. The molecular formula is C42H50N4O6S2. The second-order valence-electron chi connectivity index (χ2n) is 15.8. The maximum atomic E-state index is 11.6. The van der Waals surface area contributed by atoms with Crippen LogP contribution in [0.2, 0.25) is 0 Å². The zero-order valence-electron chi connectivity index (χ0n) is 31.6. The first kappa shape index (κ1) is 40.3. The summed E-state index contributed by atoms with van der Waals surface area (Å²) in [5.74, 6) is 0. The Morgan fingerprint density at radius 3 is 1.70 bits per heavy atom. The van der Waals surface area contributed by atoms with Crippen molar-refractivity contribution in [3.8, 4) is 11.1 Å². The van der Waals surface area contributed by atoms with Crippen LogP contribution in [0, 0.1) is 5.41 Å². The van der Waals surface area contributed by atoms with Crippen LogP contribution in [0.1, 0.15) is 63.8 Å². The summed E-state index contributed by atoms with van der Waals surface area (Å²) in [7, 11) is -8.58. The maximum Gasteiger partial charge on any atom is 0.294 e. The van der Waals surface area contributed by atoms with E-state index in [4.69, 9.17) is 5.73 Å². The Balaban J connectivity index is 1.44. The van der Waals surface area contributed by atoms with Gasteiger partial charge < -0.3 is 21.3 Å². The van der Waals surface area contributed by atoms with Crippen LogP contribution < -0.4 is 21.3 Å². The van der Waals surface area contributed by atoms with Gasteiger partial charge in [0, 0.05) is 26.2 Å². The third-order valence-corrected chi connectivity index (χ3v) is 10.7.